The quantitative estimate of drug-likeness (QED) is 0.567. The molecule has 1 saturated heterocycles. The van der Waals surface area contributed by atoms with Gasteiger partial charge in [0.2, 0.25) is 5.91 Å². The molecular weight excluding hydrogens is 411 g/mol. The van der Waals surface area contributed by atoms with Crippen LogP contribution < -0.4 is 10.6 Å². The lowest BCUT2D eigenvalue weighted by atomic mass is 10.1. The Morgan fingerprint density at radius 3 is 2.22 bits per heavy atom. The maximum Gasteiger partial charge on any atom is 0.234 e. The number of carbonyl (C=O) groups excluding carboxylic acids is 1. The molecule has 1 aromatic carbocycles. The summed E-state index contributed by atoms with van der Waals surface area (Å²) in [6, 6.07) is 8.53. The molecule has 1 aliphatic rings. The van der Waals surface area contributed by atoms with Gasteiger partial charge in [0.25, 0.3) is 0 Å². The zero-order valence-electron chi connectivity index (χ0n) is 16.1. The molecule has 0 atom stereocenters. The highest BCUT2D eigenvalue weighted by molar-refractivity contribution is 5.86. The number of hydrogen-bond donors (Lipinski definition) is 2. The highest BCUT2D eigenvalue weighted by Crippen LogP contribution is 2.09. The van der Waals surface area contributed by atoms with Gasteiger partial charge in [-0.1, -0.05) is 24.3 Å². The number of methoxy groups -OCH3 is 1. The predicted molar refractivity (Wildman–Crippen MR) is 118 cm³/mol. The van der Waals surface area contributed by atoms with Crippen molar-refractivity contribution in [2.75, 3.05) is 60.0 Å². The van der Waals surface area contributed by atoms with E-state index in [1.165, 1.54) is 5.56 Å². The van der Waals surface area contributed by atoms with Crippen molar-refractivity contribution in [2.24, 2.45) is 0 Å². The van der Waals surface area contributed by atoms with E-state index < -0.39 is 0 Å². The molecule has 0 aliphatic carbocycles. The number of benzene rings is 1. The molecule has 0 spiro atoms. The number of nitrogens with zero attached hydrogens (tertiary/aromatic N) is 2. The van der Waals surface area contributed by atoms with Gasteiger partial charge in [-0.15, -0.1) is 37.2 Å². The molecule has 0 aromatic heterocycles. The Morgan fingerprint density at radius 1 is 1.04 bits per heavy atom. The molecule has 1 aliphatic heterocycles. The van der Waals surface area contributed by atoms with E-state index in [1.54, 1.807) is 7.11 Å². The van der Waals surface area contributed by atoms with Crippen molar-refractivity contribution in [3.63, 3.8) is 0 Å². The van der Waals surface area contributed by atoms with Gasteiger partial charge in [-0.25, -0.2) is 0 Å². The first-order chi connectivity index (χ1) is 11.7. The molecule has 2 N–H and O–H groups in total. The fourth-order valence-corrected chi connectivity index (χ4v) is 2.67. The third kappa shape index (κ3) is 11.8. The van der Waals surface area contributed by atoms with Gasteiger partial charge >= 0.3 is 0 Å². The van der Waals surface area contributed by atoms with Gasteiger partial charge in [-0.2, -0.15) is 0 Å². The van der Waals surface area contributed by atoms with Crippen molar-refractivity contribution in [3.8, 4) is 0 Å². The van der Waals surface area contributed by atoms with Crippen molar-refractivity contribution in [2.45, 2.75) is 13.1 Å². The number of hydrogen-bond acceptors (Lipinski definition) is 5. The van der Waals surface area contributed by atoms with Crippen LogP contribution in [-0.2, 0) is 22.6 Å². The standard InChI is InChI=1S/C18H30N4O2.3ClH/c1-21-8-10-22(11-9-21)15-17-5-3-16(4-6-17)13-20-18(23)14-19-7-12-24-2;;;/h3-6,19H,7-15H2,1-2H3,(H,20,23);3*1H. The average molecular weight is 444 g/mol. The van der Waals surface area contributed by atoms with Crippen LogP contribution in [0.3, 0.4) is 0 Å². The van der Waals surface area contributed by atoms with E-state index in [2.05, 4.69) is 51.7 Å². The predicted octanol–water partition coefficient (Wildman–Crippen LogP) is 1.55. The molecule has 158 valence electrons. The van der Waals surface area contributed by atoms with E-state index >= 15 is 0 Å². The van der Waals surface area contributed by atoms with Crippen molar-refractivity contribution < 1.29 is 9.53 Å². The summed E-state index contributed by atoms with van der Waals surface area (Å²) in [6.07, 6.45) is 0. The maximum atomic E-state index is 11.7. The topological polar surface area (TPSA) is 56.8 Å². The smallest absolute Gasteiger partial charge is 0.234 e. The van der Waals surface area contributed by atoms with Crippen LogP contribution in [0, 0.1) is 0 Å². The number of amides is 1. The molecule has 6 nitrogen and oxygen atoms in total. The van der Waals surface area contributed by atoms with Crippen molar-refractivity contribution >= 4 is 43.1 Å². The minimum Gasteiger partial charge on any atom is -0.383 e. The molecule has 1 heterocycles. The number of piperazine rings is 1. The van der Waals surface area contributed by atoms with Gasteiger partial charge in [-0.3, -0.25) is 9.69 Å². The lowest BCUT2D eigenvalue weighted by molar-refractivity contribution is -0.120. The zero-order valence-corrected chi connectivity index (χ0v) is 18.6. The highest BCUT2D eigenvalue weighted by Gasteiger charge is 2.13. The van der Waals surface area contributed by atoms with Crippen LogP contribution in [-0.4, -0.2) is 75.7 Å². The number of ether oxygens (including phenoxy) is 1. The molecule has 1 fully saturated rings. The van der Waals surface area contributed by atoms with Gasteiger partial charge in [0.1, 0.15) is 0 Å². The Labute approximate surface area is 181 Å². The van der Waals surface area contributed by atoms with E-state index in [9.17, 15) is 4.79 Å². The summed E-state index contributed by atoms with van der Waals surface area (Å²) in [7, 11) is 3.82. The zero-order chi connectivity index (χ0) is 17.2. The molecular formula is C18H33Cl3N4O2. The fraction of sp³-hybridized carbons (Fsp3) is 0.611. The first-order valence-corrected chi connectivity index (χ1v) is 8.62. The summed E-state index contributed by atoms with van der Waals surface area (Å²) in [6.45, 7) is 7.74. The van der Waals surface area contributed by atoms with Crippen molar-refractivity contribution in [3.05, 3.63) is 35.4 Å². The molecule has 2 rings (SSSR count). The largest absolute Gasteiger partial charge is 0.383 e. The van der Waals surface area contributed by atoms with Crippen LogP contribution in [0.5, 0.6) is 0 Å². The SMILES string of the molecule is COCCNCC(=O)NCc1ccc(CN2CCN(C)CC2)cc1.Cl.Cl.Cl. The lowest BCUT2D eigenvalue weighted by Gasteiger charge is -2.32. The first-order valence-electron chi connectivity index (χ1n) is 8.62. The summed E-state index contributed by atoms with van der Waals surface area (Å²) in [5.41, 5.74) is 2.46. The number of nitrogens with one attached hydrogen (secondary N) is 2. The Balaban J connectivity index is 0. The van der Waals surface area contributed by atoms with E-state index in [0.29, 0.717) is 26.2 Å². The highest BCUT2D eigenvalue weighted by atomic mass is 35.5. The van der Waals surface area contributed by atoms with Gasteiger partial charge in [-0.05, 0) is 18.2 Å². The molecule has 0 bridgehead atoms. The van der Waals surface area contributed by atoms with Crippen LogP contribution in [0.25, 0.3) is 0 Å². The second kappa shape index (κ2) is 16.4. The maximum absolute atomic E-state index is 11.7. The molecule has 27 heavy (non-hydrogen) atoms. The Kier molecular flexibility index (Phi) is 17.3. The third-order valence-corrected chi connectivity index (χ3v) is 4.28. The van der Waals surface area contributed by atoms with E-state index in [4.69, 9.17) is 4.74 Å². The van der Waals surface area contributed by atoms with E-state index in [-0.39, 0.29) is 43.1 Å². The van der Waals surface area contributed by atoms with Crippen LogP contribution in [0.15, 0.2) is 24.3 Å². The summed E-state index contributed by atoms with van der Waals surface area (Å²) < 4.78 is 4.92. The molecule has 0 saturated carbocycles. The van der Waals surface area contributed by atoms with Gasteiger partial charge < -0.3 is 20.3 Å². The van der Waals surface area contributed by atoms with Crippen LogP contribution in [0.4, 0.5) is 0 Å². The minimum absolute atomic E-state index is 0. The number of carbonyl (C=O) groups is 1. The summed E-state index contributed by atoms with van der Waals surface area (Å²) in [5, 5.41) is 5.96. The van der Waals surface area contributed by atoms with E-state index in [0.717, 1.165) is 38.3 Å². The molecule has 0 radical (unpaired) electrons. The fourth-order valence-electron chi connectivity index (χ4n) is 2.67. The van der Waals surface area contributed by atoms with Crippen LogP contribution in [0.1, 0.15) is 11.1 Å². The van der Waals surface area contributed by atoms with Gasteiger partial charge in [0.05, 0.1) is 13.2 Å². The van der Waals surface area contributed by atoms with Crippen molar-refractivity contribution in [1.29, 1.82) is 0 Å². The normalized spacial score (nSPS) is 14.4. The van der Waals surface area contributed by atoms with Crippen molar-refractivity contribution in [1.82, 2.24) is 20.4 Å². The second-order valence-electron chi connectivity index (χ2n) is 6.34. The van der Waals surface area contributed by atoms with Crippen LogP contribution >= 0.6 is 37.2 Å². The molecule has 1 amide bonds. The number of halogens is 3. The van der Waals surface area contributed by atoms with E-state index in [1.807, 2.05) is 0 Å². The summed E-state index contributed by atoms with van der Waals surface area (Å²) >= 11 is 0. The van der Waals surface area contributed by atoms with Crippen LogP contribution in [0.2, 0.25) is 0 Å². The Hall–Kier alpha value is -0.600. The Morgan fingerprint density at radius 2 is 1.63 bits per heavy atom. The molecule has 0 unspecified atom stereocenters. The summed E-state index contributed by atoms with van der Waals surface area (Å²) in [4.78, 5) is 16.6. The molecule has 9 heteroatoms. The second-order valence-corrected chi connectivity index (χ2v) is 6.34. The average Bonchev–Trinajstić information content (AvgIpc) is 2.60. The Bertz CT molecular complexity index is 498. The number of likely N-dealkylation sites (N-methyl/N-ethyl adjacent to an activating group) is 1. The third-order valence-electron chi connectivity index (χ3n) is 4.28. The van der Waals surface area contributed by atoms with Gasteiger partial charge in [0.15, 0.2) is 0 Å². The number of rotatable bonds is 9. The first kappa shape index (κ1) is 28.6. The van der Waals surface area contributed by atoms with Gasteiger partial charge in [0, 0.05) is 52.9 Å². The minimum atomic E-state index is 0. The lowest BCUT2D eigenvalue weighted by Crippen LogP contribution is -2.43. The molecule has 1 aromatic rings. The summed E-state index contributed by atoms with van der Waals surface area (Å²) in [5.74, 6) is 0.00705. The monoisotopic (exact) mass is 442 g/mol.